The smallest absolute Gasteiger partial charge is 0.152 e. The number of aliphatic imine (C=N–C) groups is 1. The van der Waals surface area contributed by atoms with Crippen LogP contribution in [0, 0.1) is 16.7 Å². The van der Waals surface area contributed by atoms with Crippen LogP contribution in [0.25, 0.3) is 0 Å². The molecule has 82 valence electrons. The van der Waals surface area contributed by atoms with E-state index in [0.717, 1.165) is 12.0 Å². The molecule has 0 aromatic heterocycles. The van der Waals surface area contributed by atoms with Gasteiger partial charge in [-0.05, 0) is 24.1 Å². The Kier molecular flexibility index (Phi) is 2.52. The third kappa shape index (κ3) is 1.83. The number of nitrogens with zero attached hydrogens (tertiary/aromatic N) is 2. The summed E-state index contributed by atoms with van der Waals surface area (Å²) in [6, 6.07) is 9.73. The quantitative estimate of drug-likeness (QED) is 0.720. The predicted octanol–water partition coefficient (Wildman–Crippen LogP) is 3.45. The van der Waals surface area contributed by atoms with Crippen LogP contribution in [0.2, 0.25) is 5.02 Å². The maximum absolute atomic E-state index is 9.13. The van der Waals surface area contributed by atoms with Crippen molar-refractivity contribution < 1.29 is 0 Å². The van der Waals surface area contributed by atoms with Crippen molar-refractivity contribution in [3.8, 4) is 6.07 Å². The standard InChI is InChI=1S/C13H13ClN2/c1-12(2)8-13(12,9-15)16-7-10-3-5-11(14)6-4-10/h3-7H,8H2,1-2H3. The molecule has 0 radical (unpaired) electrons. The first kappa shape index (κ1) is 11.2. The summed E-state index contributed by atoms with van der Waals surface area (Å²) in [6.07, 6.45) is 2.59. The summed E-state index contributed by atoms with van der Waals surface area (Å²) in [7, 11) is 0. The van der Waals surface area contributed by atoms with Crippen LogP contribution >= 0.6 is 11.6 Å². The summed E-state index contributed by atoms with van der Waals surface area (Å²) in [5, 5.41) is 9.84. The topological polar surface area (TPSA) is 36.1 Å². The molecule has 0 heterocycles. The van der Waals surface area contributed by atoms with Gasteiger partial charge in [-0.15, -0.1) is 0 Å². The van der Waals surface area contributed by atoms with Crippen molar-refractivity contribution in [3.05, 3.63) is 34.9 Å². The SMILES string of the molecule is CC1(C)CC1(C#N)N=Cc1ccc(Cl)cc1. The molecule has 1 saturated carbocycles. The molecule has 3 heteroatoms. The van der Waals surface area contributed by atoms with Gasteiger partial charge in [0.1, 0.15) is 0 Å². The molecule has 0 saturated heterocycles. The molecule has 1 unspecified atom stereocenters. The Labute approximate surface area is 101 Å². The average Bonchev–Trinajstić information content (AvgIpc) is 2.81. The van der Waals surface area contributed by atoms with E-state index < -0.39 is 5.54 Å². The van der Waals surface area contributed by atoms with E-state index in [0.29, 0.717) is 5.02 Å². The molecule has 1 fully saturated rings. The first-order chi connectivity index (χ1) is 7.49. The van der Waals surface area contributed by atoms with Gasteiger partial charge < -0.3 is 0 Å². The summed E-state index contributed by atoms with van der Waals surface area (Å²) in [5.74, 6) is 0. The van der Waals surface area contributed by atoms with Crippen molar-refractivity contribution in [1.29, 1.82) is 5.26 Å². The predicted molar refractivity (Wildman–Crippen MR) is 65.8 cm³/mol. The zero-order chi connectivity index (χ0) is 11.8. The van der Waals surface area contributed by atoms with Crippen molar-refractivity contribution in [1.82, 2.24) is 0 Å². The second-order valence-electron chi connectivity index (χ2n) is 4.84. The van der Waals surface area contributed by atoms with E-state index in [1.807, 2.05) is 24.3 Å². The molecule has 2 rings (SSSR count). The third-order valence-corrected chi connectivity index (χ3v) is 3.43. The average molecular weight is 233 g/mol. The van der Waals surface area contributed by atoms with Gasteiger partial charge in [-0.3, -0.25) is 4.99 Å². The molecule has 0 N–H and O–H groups in total. The minimum absolute atomic E-state index is 0.00464. The Morgan fingerprint density at radius 1 is 1.38 bits per heavy atom. The molecule has 0 amide bonds. The molecule has 16 heavy (non-hydrogen) atoms. The van der Waals surface area contributed by atoms with Crippen LogP contribution in [-0.2, 0) is 0 Å². The highest BCUT2D eigenvalue weighted by molar-refractivity contribution is 6.30. The molecule has 0 spiro atoms. The van der Waals surface area contributed by atoms with Gasteiger partial charge in [-0.2, -0.15) is 5.26 Å². The Morgan fingerprint density at radius 3 is 2.38 bits per heavy atom. The normalized spacial score (nSPS) is 26.6. The van der Waals surface area contributed by atoms with Gasteiger partial charge in [0.2, 0.25) is 0 Å². The van der Waals surface area contributed by atoms with E-state index >= 15 is 0 Å². The van der Waals surface area contributed by atoms with E-state index in [2.05, 4.69) is 24.9 Å². The zero-order valence-corrected chi connectivity index (χ0v) is 10.1. The molecule has 0 aliphatic heterocycles. The second kappa shape index (κ2) is 3.61. The van der Waals surface area contributed by atoms with E-state index in [1.165, 1.54) is 0 Å². The van der Waals surface area contributed by atoms with Crippen molar-refractivity contribution in [3.63, 3.8) is 0 Å². The van der Waals surface area contributed by atoms with Crippen LogP contribution in [0.1, 0.15) is 25.8 Å². The molecule has 0 bridgehead atoms. The van der Waals surface area contributed by atoms with Gasteiger partial charge in [0, 0.05) is 16.7 Å². The minimum Gasteiger partial charge on any atom is -0.270 e. The highest BCUT2D eigenvalue weighted by atomic mass is 35.5. The van der Waals surface area contributed by atoms with Gasteiger partial charge in [0.25, 0.3) is 0 Å². The molecular weight excluding hydrogens is 220 g/mol. The van der Waals surface area contributed by atoms with Crippen LogP contribution in [0.4, 0.5) is 0 Å². The zero-order valence-electron chi connectivity index (χ0n) is 9.37. The molecule has 1 aliphatic carbocycles. The lowest BCUT2D eigenvalue weighted by Crippen LogP contribution is -2.10. The van der Waals surface area contributed by atoms with Crippen molar-refractivity contribution in [2.45, 2.75) is 25.8 Å². The second-order valence-corrected chi connectivity index (χ2v) is 5.28. The number of benzene rings is 1. The summed E-state index contributed by atoms with van der Waals surface area (Å²) < 4.78 is 0. The lowest BCUT2D eigenvalue weighted by atomic mass is 10.1. The van der Waals surface area contributed by atoms with Crippen LogP contribution < -0.4 is 0 Å². The van der Waals surface area contributed by atoms with E-state index in [9.17, 15) is 0 Å². The monoisotopic (exact) mass is 232 g/mol. The van der Waals surface area contributed by atoms with Crippen molar-refractivity contribution in [2.75, 3.05) is 0 Å². The van der Waals surface area contributed by atoms with E-state index in [4.69, 9.17) is 16.9 Å². The van der Waals surface area contributed by atoms with Crippen molar-refractivity contribution >= 4 is 17.8 Å². The van der Waals surface area contributed by atoms with Gasteiger partial charge in [0.05, 0.1) is 6.07 Å². The molecular formula is C13H13ClN2. The van der Waals surface area contributed by atoms with Crippen LogP contribution in [0.15, 0.2) is 29.3 Å². The number of rotatable bonds is 2. The Morgan fingerprint density at radius 2 is 1.94 bits per heavy atom. The molecule has 2 nitrogen and oxygen atoms in total. The van der Waals surface area contributed by atoms with Gasteiger partial charge in [-0.1, -0.05) is 37.6 Å². The number of hydrogen-bond donors (Lipinski definition) is 0. The summed E-state index contributed by atoms with van der Waals surface area (Å²) >= 11 is 5.79. The lowest BCUT2D eigenvalue weighted by Gasteiger charge is -2.05. The van der Waals surface area contributed by atoms with E-state index in [1.54, 1.807) is 6.21 Å². The summed E-state index contributed by atoms with van der Waals surface area (Å²) in [5.41, 5.74) is 0.457. The molecule has 1 aromatic rings. The first-order valence-electron chi connectivity index (χ1n) is 5.21. The van der Waals surface area contributed by atoms with Crippen molar-refractivity contribution in [2.24, 2.45) is 10.4 Å². The fourth-order valence-corrected chi connectivity index (χ4v) is 1.90. The van der Waals surface area contributed by atoms with Crippen LogP contribution in [-0.4, -0.2) is 11.8 Å². The fraction of sp³-hybridized carbons (Fsp3) is 0.385. The maximum Gasteiger partial charge on any atom is 0.152 e. The Hall–Kier alpha value is -1.33. The summed E-state index contributed by atoms with van der Waals surface area (Å²) in [6.45, 7) is 4.13. The van der Waals surface area contributed by atoms with E-state index in [-0.39, 0.29) is 5.41 Å². The maximum atomic E-state index is 9.13. The van der Waals surface area contributed by atoms with Gasteiger partial charge in [0.15, 0.2) is 5.54 Å². The fourth-order valence-electron chi connectivity index (χ4n) is 1.77. The molecule has 1 atom stereocenters. The number of halogens is 1. The minimum atomic E-state index is -0.521. The third-order valence-electron chi connectivity index (χ3n) is 3.18. The Balaban J connectivity index is 2.17. The lowest BCUT2D eigenvalue weighted by molar-refractivity contribution is 0.569. The van der Waals surface area contributed by atoms with Crippen LogP contribution in [0.3, 0.4) is 0 Å². The molecule has 1 aliphatic rings. The number of nitriles is 1. The van der Waals surface area contributed by atoms with Gasteiger partial charge >= 0.3 is 0 Å². The molecule has 1 aromatic carbocycles. The summed E-state index contributed by atoms with van der Waals surface area (Å²) in [4.78, 5) is 4.41. The highest BCUT2D eigenvalue weighted by Crippen LogP contribution is 2.57. The Bertz CT molecular complexity index is 468. The highest BCUT2D eigenvalue weighted by Gasteiger charge is 2.62. The van der Waals surface area contributed by atoms with Gasteiger partial charge in [-0.25, -0.2) is 0 Å². The number of hydrogen-bond acceptors (Lipinski definition) is 2. The largest absolute Gasteiger partial charge is 0.270 e. The first-order valence-corrected chi connectivity index (χ1v) is 5.59. The van der Waals surface area contributed by atoms with Crippen LogP contribution in [0.5, 0.6) is 0 Å².